The van der Waals surface area contributed by atoms with E-state index >= 15 is 0 Å². The van der Waals surface area contributed by atoms with Gasteiger partial charge in [-0.05, 0) is 52.7 Å². The monoisotopic (exact) mass is 389 g/mol. The Hall–Kier alpha value is -1.10. The molecule has 110 valence electrons. The predicted molar refractivity (Wildman–Crippen MR) is 86.4 cm³/mol. The molecule has 2 rings (SSSR count). The van der Waals surface area contributed by atoms with Gasteiger partial charge in [0.15, 0.2) is 0 Å². The fourth-order valence-corrected chi connectivity index (χ4v) is 2.90. The van der Waals surface area contributed by atoms with E-state index < -0.39 is 5.82 Å². The molecule has 6 heteroatoms. The highest BCUT2D eigenvalue weighted by Crippen LogP contribution is 2.27. The Morgan fingerprint density at radius 2 is 2.00 bits per heavy atom. The molecule has 0 aromatic heterocycles. The van der Waals surface area contributed by atoms with Crippen molar-refractivity contribution in [3.8, 4) is 0 Å². The molecule has 1 unspecified atom stereocenters. The minimum absolute atomic E-state index is 0.136. The largest absolute Gasteiger partial charge is 0.345 e. The van der Waals surface area contributed by atoms with Crippen molar-refractivity contribution < 1.29 is 9.18 Å². The fourth-order valence-electron chi connectivity index (χ4n) is 1.88. The van der Waals surface area contributed by atoms with Gasteiger partial charge in [0.05, 0.1) is 16.1 Å². The minimum atomic E-state index is -0.486. The van der Waals surface area contributed by atoms with Gasteiger partial charge in [-0.25, -0.2) is 4.39 Å². The topological polar surface area (TPSA) is 29.1 Å². The quantitative estimate of drug-likeness (QED) is 0.748. The summed E-state index contributed by atoms with van der Waals surface area (Å²) in [5.41, 5.74) is 0.967. The third kappa shape index (κ3) is 3.76. The summed E-state index contributed by atoms with van der Waals surface area (Å²) in [5.74, 6) is -0.875. The summed E-state index contributed by atoms with van der Waals surface area (Å²) in [4.78, 5) is 12.2. The summed E-state index contributed by atoms with van der Waals surface area (Å²) in [6.07, 6.45) is 0. The summed E-state index contributed by atoms with van der Waals surface area (Å²) in [5, 5.41) is 3.77. The summed E-state index contributed by atoms with van der Waals surface area (Å²) in [7, 11) is 0. The molecular weight excluding hydrogens is 380 g/mol. The average Bonchev–Trinajstić information content (AvgIpc) is 2.41. The Bertz CT molecular complexity index is 693. The van der Waals surface area contributed by atoms with E-state index in [9.17, 15) is 9.18 Å². The summed E-state index contributed by atoms with van der Waals surface area (Å²) >= 11 is 15.0. The molecule has 0 aliphatic rings. The van der Waals surface area contributed by atoms with Crippen molar-refractivity contribution in [3.63, 3.8) is 0 Å². The molecule has 0 aliphatic heterocycles. The Kier molecular flexibility index (Phi) is 5.25. The number of carbonyl (C=O) groups excluding carboxylic acids is 1. The van der Waals surface area contributed by atoms with Gasteiger partial charge in [0.25, 0.3) is 5.91 Å². The summed E-state index contributed by atoms with van der Waals surface area (Å²) < 4.78 is 13.6. The molecule has 0 radical (unpaired) electrons. The first kappa shape index (κ1) is 16.3. The van der Waals surface area contributed by atoms with Crippen molar-refractivity contribution in [3.05, 3.63) is 67.9 Å². The molecule has 0 fully saturated rings. The van der Waals surface area contributed by atoms with Crippen LogP contribution in [0.25, 0.3) is 0 Å². The summed E-state index contributed by atoms with van der Waals surface area (Å²) in [6, 6.07) is 9.02. The van der Waals surface area contributed by atoms with Crippen LogP contribution in [0.15, 0.2) is 40.9 Å². The zero-order chi connectivity index (χ0) is 15.6. The number of rotatable bonds is 3. The van der Waals surface area contributed by atoms with Crippen LogP contribution in [0.1, 0.15) is 28.9 Å². The molecular formula is C15H11BrCl2FNO. The highest BCUT2D eigenvalue weighted by molar-refractivity contribution is 9.10. The molecule has 2 aromatic rings. The zero-order valence-corrected chi connectivity index (χ0v) is 14.1. The number of halogens is 4. The first-order valence-electron chi connectivity index (χ1n) is 6.10. The van der Waals surface area contributed by atoms with Crippen LogP contribution in [0.5, 0.6) is 0 Å². The van der Waals surface area contributed by atoms with Gasteiger partial charge in [-0.15, -0.1) is 0 Å². The second-order valence-corrected chi connectivity index (χ2v) is 6.10. The van der Waals surface area contributed by atoms with Gasteiger partial charge in [-0.3, -0.25) is 4.79 Å². The van der Waals surface area contributed by atoms with Gasteiger partial charge in [-0.1, -0.05) is 35.3 Å². The van der Waals surface area contributed by atoms with Crippen LogP contribution in [-0.2, 0) is 0 Å². The van der Waals surface area contributed by atoms with E-state index in [2.05, 4.69) is 21.2 Å². The molecule has 1 amide bonds. The third-order valence-corrected chi connectivity index (χ3v) is 4.34. The van der Waals surface area contributed by atoms with Gasteiger partial charge in [0, 0.05) is 10.0 Å². The number of hydrogen-bond donors (Lipinski definition) is 1. The van der Waals surface area contributed by atoms with Crippen LogP contribution in [-0.4, -0.2) is 5.91 Å². The minimum Gasteiger partial charge on any atom is -0.345 e. The van der Waals surface area contributed by atoms with Gasteiger partial charge < -0.3 is 5.32 Å². The lowest BCUT2D eigenvalue weighted by molar-refractivity contribution is 0.0938. The smallest absolute Gasteiger partial charge is 0.253 e. The molecule has 2 nitrogen and oxygen atoms in total. The Morgan fingerprint density at radius 1 is 1.29 bits per heavy atom. The lowest BCUT2D eigenvalue weighted by Gasteiger charge is -2.16. The lowest BCUT2D eigenvalue weighted by Crippen LogP contribution is -2.27. The zero-order valence-electron chi connectivity index (χ0n) is 11.0. The average molecular weight is 391 g/mol. The van der Waals surface area contributed by atoms with E-state index in [1.807, 2.05) is 0 Å². The number of nitrogens with one attached hydrogen (secondary N) is 1. The fraction of sp³-hybridized carbons (Fsp3) is 0.133. The second-order valence-electron chi connectivity index (χ2n) is 4.46. The van der Waals surface area contributed by atoms with Crippen LogP contribution in [0.2, 0.25) is 10.0 Å². The number of carbonyl (C=O) groups is 1. The first-order chi connectivity index (χ1) is 9.90. The normalized spacial score (nSPS) is 12.0. The SMILES string of the molecule is CC(NC(=O)c1cccc(F)c1Br)c1ccc(Cl)cc1Cl. The van der Waals surface area contributed by atoms with E-state index in [1.54, 1.807) is 31.2 Å². The molecule has 1 atom stereocenters. The Balaban J connectivity index is 2.21. The summed E-state index contributed by atoms with van der Waals surface area (Å²) in [6.45, 7) is 1.79. The maximum absolute atomic E-state index is 13.4. The van der Waals surface area contributed by atoms with Crippen LogP contribution in [0.4, 0.5) is 4.39 Å². The van der Waals surface area contributed by atoms with E-state index in [0.717, 1.165) is 5.56 Å². The lowest BCUT2D eigenvalue weighted by atomic mass is 10.1. The number of hydrogen-bond acceptors (Lipinski definition) is 1. The van der Waals surface area contributed by atoms with E-state index in [4.69, 9.17) is 23.2 Å². The van der Waals surface area contributed by atoms with E-state index in [0.29, 0.717) is 10.0 Å². The van der Waals surface area contributed by atoms with Gasteiger partial charge >= 0.3 is 0 Å². The van der Waals surface area contributed by atoms with Crippen LogP contribution >= 0.6 is 39.1 Å². The van der Waals surface area contributed by atoms with Gasteiger partial charge in [0.1, 0.15) is 5.82 Å². The number of benzene rings is 2. The second kappa shape index (κ2) is 6.77. The van der Waals surface area contributed by atoms with Crippen LogP contribution in [0.3, 0.4) is 0 Å². The highest BCUT2D eigenvalue weighted by atomic mass is 79.9. The van der Waals surface area contributed by atoms with Crippen molar-refractivity contribution in [2.45, 2.75) is 13.0 Å². The number of amides is 1. The van der Waals surface area contributed by atoms with Crippen molar-refractivity contribution in [2.24, 2.45) is 0 Å². The molecule has 1 N–H and O–H groups in total. The maximum atomic E-state index is 13.4. The molecule has 2 aromatic carbocycles. The first-order valence-corrected chi connectivity index (χ1v) is 7.65. The van der Waals surface area contributed by atoms with E-state index in [-0.39, 0.29) is 22.0 Å². The van der Waals surface area contributed by atoms with Gasteiger partial charge in [0.2, 0.25) is 0 Å². The molecule has 0 heterocycles. The molecule has 0 spiro atoms. The van der Waals surface area contributed by atoms with Crippen molar-refractivity contribution in [1.82, 2.24) is 5.32 Å². The predicted octanol–water partition coefficient (Wildman–Crippen LogP) is 5.39. The van der Waals surface area contributed by atoms with Gasteiger partial charge in [-0.2, -0.15) is 0 Å². The van der Waals surface area contributed by atoms with Crippen molar-refractivity contribution in [2.75, 3.05) is 0 Å². The molecule has 21 heavy (non-hydrogen) atoms. The molecule has 0 saturated heterocycles. The highest BCUT2D eigenvalue weighted by Gasteiger charge is 2.17. The Labute approximate surface area is 140 Å². The van der Waals surface area contributed by atoms with Crippen LogP contribution in [0, 0.1) is 5.82 Å². The van der Waals surface area contributed by atoms with Crippen molar-refractivity contribution in [1.29, 1.82) is 0 Å². The molecule has 0 bridgehead atoms. The van der Waals surface area contributed by atoms with E-state index in [1.165, 1.54) is 12.1 Å². The Morgan fingerprint density at radius 3 is 2.67 bits per heavy atom. The maximum Gasteiger partial charge on any atom is 0.253 e. The van der Waals surface area contributed by atoms with Crippen LogP contribution < -0.4 is 5.32 Å². The molecule has 0 aliphatic carbocycles. The third-order valence-electron chi connectivity index (χ3n) is 2.97. The standard InChI is InChI=1S/C15H11BrCl2FNO/c1-8(10-6-5-9(17)7-12(10)18)20-15(21)11-3-2-4-13(19)14(11)16/h2-8H,1H3,(H,20,21). The van der Waals surface area contributed by atoms with Crippen molar-refractivity contribution >= 4 is 45.0 Å². The molecule has 0 saturated carbocycles.